The number of ether oxygens (including phenoxy) is 1. The molecule has 15 heavy (non-hydrogen) atoms. The van der Waals surface area contributed by atoms with Crippen LogP contribution in [0.2, 0.25) is 0 Å². The molecule has 0 radical (unpaired) electrons. The third kappa shape index (κ3) is 3.99. The van der Waals surface area contributed by atoms with Gasteiger partial charge in [0.25, 0.3) is 0 Å². The second-order valence-electron chi connectivity index (χ2n) is 4.02. The average molecular weight is 212 g/mol. The maximum absolute atomic E-state index is 10.8. The van der Waals surface area contributed by atoms with Gasteiger partial charge in [-0.2, -0.15) is 0 Å². The topological polar surface area (TPSA) is 78.0 Å². The van der Waals surface area contributed by atoms with Gasteiger partial charge in [-0.05, 0) is 32.9 Å². The molecule has 0 fully saturated rings. The molecule has 1 aromatic carbocycles. The number of benzene rings is 1. The van der Waals surface area contributed by atoms with E-state index in [-0.39, 0.29) is 16.6 Å². The van der Waals surface area contributed by atoms with Crippen LogP contribution in [0.3, 0.4) is 0 Å². The maximum atomic E-state index is 10.8. The smallest absolute Gasteiger partial charge is 0.339 e. The molecule has 1 aromatic rings. The fraction of sp³-hybridized carbons (Fsp3) is 0.364. The Kier molecular flexibility index (Phi) is 4.30. The third-order valence-corrected chi connectivity index (χ3v) is 1.53. The second-order valence-corrected chi connectivity index (χ2v) is 4.02. The molecule has 0 atom stereocenters. The van der Waals surface area contributed by atoms with Crippen LogP contribution in [-0.2, 0) is 0 Å². The summed E-state index contributed by atoms with van der Waals surface area (Å²) in [7, 11) is 0. The lowest BCUT2D eigenvalue weighted by Crippen LogP contribution is -2.24. The molecule has 0 aliphatic rings. The van der Waals surface area contributed by atoms with Gasteiger partial charge in [0.15, 0.2) is 0 Å². The van der Waals surface area contributed by atoms with E-state index in [1.165, 1.54) is 6.07 Å². The Hall–Kier alpha value is -1.55. The summed E-state index contributed by atoms with van der Waals surface area (Å²) in [6.45, 7) is 5.64. The summed E-state index contributed by atoms with van der Waals surface area (Å²) in [5.41, 5.74) is -0.187. The van der Waals surface area contributed by atoms with E-state index < -0.39 is 5.97 Å². The van der Waals surface area contributed by atoms with Crippen molar-refractivity contribution in [2.75, 3.05) is 0 Å². The highest BCUT2D eigenvalue weighted by atomic mass is 16.5. The van der Waals surface area contributed by atoms with Gasteiger partial charge in [-0.1, -0.05) is 12.1 Å². The zero-order valence-electron chi connectivity index (χ0n) is 9.07. The van der Waals surface area contributed by atoms with Gasteiger partial charge < -0.3 is 15.3 Å². The number of hydrogen-bond acceptors (Lipinski definition) is 2. The van der Waals surface area contributed by atoms with Crippen molar-refractivity contribution in [2.45, 2.75) is 26.4 Å². The Bertz CT molecular complexity index is 339. The molecular formula is C11H16O4. The first-order chi connectivity index (χ1) is 6.40. The molecule has 0 aromatic heterocycles. The van der Waals surface area contributed by atoms with Crippen molar-refractivity contribution in [1.82, 2.24) is 0 Å². The molecule has 3 N–H and O–H groups in total. The van der Waals surface area contributed by atoms with E-state index in [1.807, 2.05) is 20.8 Å². The lowest BCUT2D eigenvalue weighted by Gasteiger charge is -2.22. The quantitative estimate of drug-likeness (QED) is 0.810. The molecular weight excluding hydrogens is 196 g/mol. The molecule has 0 aliphatic carbocycles. The van der Waals surface area contributed by atoms with Gasteiger partial charge in [0.05, 0.1) is 0 Å². The number of hydrogen-bond donors (Lipinski definition) is 1. The van der Waals surface area contributed by atoms with Gasteiger partial charge in [0, 0.05) is 0 Å². The normalized spacial score (nSPS) is 10.3. The van der Waals surface area contributed by atoms with E-state index in [4.69, 9.17) is 9.84 Å². The predicted octanol–water partition coefficient (Wildman–Crippen LogP) is 1.74. The second kappa shape index (κ2) is 4.79. The van der Waals surface area contributed by atoms with Crippen molar-refractivity contribution < 1.29 is 20.1 Å². The number of rotatable bonds is 2. The van der Waals surface area contributed by atoms with Gasteiger partial charge in [0.1, 0.15) is 16.9 Å². The molecule has 84 valence electrons. The van der Waals surface area contributed by atoms with Crippen LogP contribution >= 0.6 is 0 Å². The average Bonchev–Trinajstić information content (AvgIpc) is 2.01. The summed E-state index contributed by atoms with van der Waals surface area (Å²) in [4.78, 5) is 10.8. The van der Waals surface area contributed by atoms with Crippen molar-refractivity contribution in [3.63, 3.8) is 0 Å². The van der Waals surface area contributed by atoms with Crippen molar-refractivity contribution >= 4 is 5.97 Å². The number of para-hydroxylation sites is 1. The number of carboxylic acids is 1. The number of carboxylic acid groups (broad SMARTS) is 1. The lowest BCUT2D eigenvalue weighted by atomic mass is 10.1. The van der Waals surface area contributed by atoms with Crippen LogP contribution in [0, 0.1) is 0 Å². The lowest BCUT2D eigenvalue weighted by molar-refractivity contribution is 0.0681. The van der Waals surface area contributed by atoms with Crippen molar-refractivity contribution in [3.8, 4) is 5.75 Å². The van der Waals surface area contributed by atoms with Crippen LogP contribution in [0.4, 0.5) is 0 Å². The largest absolute Gasteiger partial charge is 0.487 e. The summed E-state index contributed by atoms with van der Waals surface area (Å²) >= 11 is 0. The summed E-state index contributed by atoms with van der Waals surface area (Å²) in [5, 5.41) is 8.88. The van der Waals surface area contributed by atoms with Gasteiger partial charge in [-0.25, -0.2) is 4.79 Å². The molecule has 0 saturated carbocycles. The Labute approximate surface area is 88.8 Å². The first-order valence-corrected chi connectivity index (χ1v) is 4.41. The minimum Gasteiger partial charge on any atom is -0.487 e. The highest BCUT2D eigenvalue weighted by molar-refractivity contribution is 5.90. The Morgan fingerprint density at radius 3 is 2.27 bits per heavy atom. The van der Waals surface area contributed by atoms with Crippen LogP contribution in [0.25, 0.3) is 0 Å². The van der Waals surface area contributed by atoms with Crippen LogP contribution in [0.15, 0.2) is 24.3 Å². The van der Waals surface area contributed by atoms with Gasteiger partial charge in [-0.3, -0.25) is 0 Å². The van der Waals surface area contributed by atoms with Gasteiger partial charge in [0.2, 0.25) is 0 Å². The molecule has 4 nitrogen and oxygen atoms in total. The Morgan fingerprint density at radius 2 is 1.80 bits per heavy atom. The number of aromatic carboxylic acids is 1. The van der Waals surface area contributed by atoms with E-state index in [2.05, 4.69) is 0 Å². The summed E-state index contributed by atoms with van der Waals surface area (Å²) < 4.78 is 5.51. The summed E-state index contributed by atoms with van der Waals surface area (Å²) in [5.74, 6) is -0.558. The van der Waals surface area contributed by atoms with E-state index >= 15 is 0 Å². The standard InChI is InChI=1S/C11H14O3.H2O/c1-11(2,3)14-9-7-5-4-6-8(9)10(12)13;/h4-7H,1-3H3,(H,12,13);1H2. The zero-order chi connectivity index (χ0) is 10.8. The molecule has 0 heterocycles. The van der Waals surface area contributed by atoms with Gasteiger partial charge >= 0.3 is 5.97 Å². The molecule has 0 spiro atoms. The minimum atomic E-state index is -0.968. The molecule has 0 saturated heterocycles. The van der Waals surface area contributed by atoms with Crippen LogP contribution in [0.5, 0.6) is 5.75 Å². The van der Waals surface area contributed by atoms with E-state index in [0.717, 1.165) is 0 Å². The highest BCUT2D eigenvalue weighted by Gasteiger charge is 2.16. The third-order valence-electron chi connectivity index (χ3n) is 1.53. The predicted molar refractivity (Wildman–Crippen MR) is 57.4 cm³/mol. The molecule has 4 heteroatoms. The van der Waals surface area contributed by atoms with E-state index in [9.17, 15) is 4.79 Å². The molecule has 1 rings (SSSR count). The maximum Gasteiger partial charge on any atom is 0.339 e. The Morgan fingerprint density at radius 1 is 1.27 bits per heavy atom. The molecule has 0 aliphatic heterocycles. The molecule has 0 unspecified atom stereocenters. The monoisotopic (exact) mass is 212 g/mol. The minimum absolute atomic E-state index is 0. The van der Waals surface area contributed by atoms with Crippen LogP contribution < -0.4 is 4.74 Å². The van der Waals surface area contributed by atoms with E-state index in [0.29, 0.717) is 5.75 Å². The van der Waals surface area contributed by atoms with Crippen molar-refractivity contribution in [2.24, 2.45) is 0 Å². The first kappa shape index (κ1) is 13.4. The SMILES string of the molecule is CC(C)(C)Oc1ccccc1C(=O)O.O. The fourth-order valence-corrected chi connectivity index (χ4v) is 1.06. The summed E-state index contributed by atoms with van der Waals surface area (Å²) in [6.07, 6.45) is 0. The highest BCUT2D eigenvalue weighted by Crippen LogP contribution is 2.22. The van der Waals surface area contributed by atoms with E-state index in [1.54, 1.807) is 18.2 Å². The van der Waals surface area contributed by atoms with Crippen LogP contribution in [-0.4, -0.2) is 22.2 Å². The van der Waals surface area contributed by atoms with Crippen molar-refractivity contribution in [3.05, 3.63) is 29.8 Å². The van der Waals surface area contributed by atoms with Gasteiger partial charge in [-0.15, -0.1) is 0 Å². The molecule has 0 amide bonds. The van der Waals surface area contributed by atoms with Crippen molar-refractivity contribution in [1.29, 1.82) is 0 Å². The summed E-state index contributed by atoms with van der Waals surface area (Å²) in [6, 6.07) is 6.63. The number of carbonyl (C=O) groups is 1. The fourth-order valence-electron chi connectivity index (χ4n) is 1.06. The zero-order valence-corrected chi connectivity index (χ0v) is 9.07. The molecule has 0 bridgehead atoms. The van der Waals surface area contributed by atoms with Crippen LogP contribution in [0.1, 0.15) is 31.1 Å². The Balaban J connectivity index is 0.00000196. The first-order valence-electron chi connectivity index (χ1n) is 4.41.